The first-order valence-corrected chi connectivity index (χ1v) is 9.60. The van der Waals surface area contributed by atoms with Crippen molar-refractivity contribution in [3.05, 3.63) is 59.9 Å². The highest BCUT2D eigenvalue weighted by Gasteiger charge is 2.44. The number of aromatic nitrogens is 1. The smallest absolute Gasteiger partial charge is 0.268 e. The summed E-state index contributed by atoms with van der Waals surface area (Å²) in [5.74, 6) is -0.338. The molecule has 1 aromatic carbocycles. The third kappa shape index (κ3) is 3.52. The molecule has 0 aliphatic carbocycles. The summed E-state index contributed by atoms with van der Waals surface area (Å²) in [5.41, 5.74) is 1.60. The maximum Gasteiger partial charge on any atom is 0.268 e. The number of fused-ring (bicyclic) bond motifs is 1. The van der Waals surface area contributed by atoms with Gasteiger partial charge in [0.25, 0.3) is 5.91 Å². The van der Waals surface area contributed by atoms with Crippen LogP contribution in [-0.2, 0) is 23.1 Å². The van der Waals surface area contributed by atoms with Crippen LogP contribution < -0.4 is 10.6 Å². The van der Waals surface area contributed by atoms with Gasteiger partial charge in [-0.25, -0.2) is 0 Å². The van der Waals surface area contributed by atoms with Crippen LogP contribution in [-0.4, -0.2) is 51.9 Å². The normalized spacial score (nSPS) is 24.5. The van der Waals surface area contributed by atoms with Crippen molar-refractivity contribution in [2.45, 2.75) is 37.4 Å². The Balaban J connectivity index is 1.40. The summed E-state index contributed by atoms with van der Waals surface area (Å²) in [7, 11) is 1.82. The van der Waals surface area contributed by atoms with Crippen LogP contribution in [0.2, 0.25) is 0 Å². The molecule has 4 rings (SSSR count). The molecule has 146 valence electrons. The molecule has 2 aliphatic rings. The molecule has 1 aromatic heterocycles. The molecule has 2 N–H and O–H groups in total. The van der Waals surface area contributed by atoms with Gasteiger partial charge >= 0.3 is 0 Å². The topological polar surface area (TPSA) is 83.4 Å². The van der Waals surface area contributed by atoms with Gasteiger partial charge in [0, 0.05) is 32.3 Å². The van der Waals surface area contributed by atoms with Crippen molar-refractivity contribution in [3.8, 4) is 0 Å². The molecule has 7 nitrogen and oxygen atoms in total. The summed E-state index contributed by atoms with van der Waals surface area (Å²) < 4.78 is 1.76. The Bertz CT molecular complexity index is 892. The van der Waals surface area contributed by atoms with Gasteiger partial charge in [-0.05, 0) is 30.5 Å². The second kappa shape index (κ2) is 7.50. The predicted molar refractivity (Wildman–Crippen MR) is 103 cm³/mol. The van der Waals surface area contributed by atoms with Crippen molar-refractivity contribution >= 4 is 17.7 Å². The van der Waals surface area contributed by atoms with Crippen LogP contribution in [0.5, 0.6) is 0 Å². The molecule has 3 amide bonds. The Morgan fingerprint density at radius 1 is 1.18 bits per heavy atom. The molecule has 2 saturated heterocycles. The van der Waals surface area contributed by atoms with Gasteiger partial charge in [0.05, 0.1) is 0 Å². The minimum Gasteiger partial charge on any atom is -0.348 e. The first-order valence-electron chi connectivity index (χ1n) is 9.60. The molecule has 2 aliphatic heterocycles. The molecule has 3 unspecified atom stereocenters. The van der Waals surface area contributed by atoms with E-state index in [1.165, 1.54) is 0 Å². The molecule has 0 bridgehead atoms. The number of benzene rings is 1. The van der Waals surface area contributed by atoms with Crippen molar-refractivity contribution in [1.82, 2.24) is 20.1 Å². The minimum absolute atomic E-state index is 0.0411. The zero-order valence-corrected chi connectivity index (χ0v) is 15.8. The van der Waals surface area contributed by atoms with Crippen LogP contribution in [0.1, 0.15) is 28.9 Å². The van der Waals surface area contributed by atoms with Crippen molar-refractivity contribution in [2.24, 2.45) is 7.05 Å². The van der Waals surface area contributed by atoms with Gasteiger partial charge < -0.3 is 20.1 Å². The number of nitrogens with one attached hydrogen (secondary N) is 2. The highest BCUT2D eigenvalue weighted by molar-refractivity contribution is 5.97. The number of nitrogens with zero attached hydrogens (tertiary/aromatic N) is 2. The standard InChI is InChI=1S/C21H24N4O3/c1-24-10-5-8-17(24)19(26)22-15-9-11-25-18(13-15)20(27)23-16(21(25)28)12-14-6-3-2-4-7-14/h2-8,10,15-16,18H,9,11-13H2,1H3,(H,22,26)(H,23,27). The highest BCUT2D eigenvalue weighted by Crippen LogP contribution is 2.23. The molecule has 2 fully saturated rings. The molecular weight excluding hydrogens is 356 g/mol. The van der Waals surface area contributed by atoms with Gasteiger partial charge in [-0.3, -0.25) is 14.4 Å². The largest absolute Gasteiger partial charge is 0.348 e. The lowest BCUT2D eigenvalue weighted by Gasteiger charge is -2.44. The van der Waals surface area contributed by atoms with Gasteiger partial charge in [-0.2, -0.15) is 0 Å². The van der Waals surface area contributed by atoms with Crippen LogP contribution >= 0.6 is 0 Å². The molecule has 2 aromatic rings. The summed E-state index contributed by atoms with van der Waals surface area (Å²) in [6.07, 6.45) is 3.38. The van der Waals surface area contributed by atoms with E-state index in [-0.39, 0.29) is 23.8 Å². The molecule has 3 heterocycles. The van der Waals surface area contributed by atoms with Crippen molar-refractivity contribution < 1.29 is 14.4 Å². The van der Waals surface area contributed by atoms with Crippen molar-refractivity contribution in [2.75, 3.05) is 6.54 Å². The van der Waals surface area contributed by atoms with Crippen LogP contribution in [0.15, 0.2) is 48.7 Å². The third-order valence-electron chi connectivity index (χ3n) is 5.60. The van der Waals surface area contributed by atoms with E-state index in [4.69, 9.17) is 0 Å². The lowest BCUT2D eigenvalue weighted by atomic mass is 9.91. The molecule has 0 radical (unpaired) electrons. The number of carbonyl (C=O) groups excluding carboxylic acids is 3. The number of rotatable bonds is 4. The molecule has 0 spiro atoms. The fourth-order valence-corrected chi connectivity index (χ4v) is 4.08. The summed E-state index contributed by atoms with van der Waals surface area (Å²) in [6.45, 7) is 0.473. The van der Waals surface area contributed by atoms with E-state index in [9.17, 15) is 14.4 Å². The van der Waals surface area contributed by atoms with E-state index in [2.05, 4.69) is 10.6 Å². The van der Waals surface area contributed by atoms with Gasteiger partial charge in [0.2, 0.25) is 11.8 Å². The average molecular weight is 380 g/mol. The zero-order valence-electron chi connectivity index (χ0n) is 15.8. The van der Waals surface area contributed by atoms with E-state index in [0.717, 1.165) is 5.56 Å². The van der Waals surface area contributed by atoms with Crippen LogP contribution in [0.3, 0.4) is 0 Å². The number of hydrogen-bond acceptors (Lipinski definition) is 3. The summed E-state index contributed by atoms with van der Waals surface area (Å²) in [5, 5.41) is 5.88. The number of piperazine rings is 1. The fourth-order valence-electron chi connectivity index (χ4n) is 4.08. The van der Waals surface area contributed by atoms with E-state index in [1.54, 1.807) is 15.5 Å². The zero-order chi connectivity index (χ0) is 19.7. The lowest BCUT2D eigenvalue weighted by Crippen LogP contribution is -2.67. The van der Waals surface area contributed by atoms with Crippen molar-refractivity contribution in [3.63, 3.8) is 0 Å². The SMILES string of the molecule is Cn1cccc1C(=O)NC1CCN2C(=O)C(Cc3ccccc3)NC(=O)C2C1. The summed E-state index contributed by atoms with van der Waals surface area (Å²) >= 11 is 0. The monoisotopic (exact) mass is 380 g/mol. The van der Waals surface area contributed by atoms with Gasteiger partial charge in [-0.15, -0.1) is 0 Å². The Hall–Kier alpha value is -3.09. The van der Waals surface area contributed by atoms with E-state index < -0.39 is 12.1 Å². The van der Waals surface area contributed by atoms with Crippen LogP contribution in [0, 0.1) is 0 Å². The lowest BCUT2D eigenvalue weighted by molar-refractivity contribution is -0.151. The Morgan fingerprint density at radius 3 is 2.68 bits per heavy atom. The maximum atomic E-state index is 12.9. The second-order valence-corrected chi connectivity index (χ2v) is 7.50. The number of hydrogen-bond donors (Lipinski definition) is 2. The van der Waals surface area contributed by atoms with Gasteiger partial charge in [-0.1, -0.05) is 30.3 Å². The number of piperidine rings is 1. The fraction of sp³-hybridized carbons (Fsp3) is 0.381. The van der Waals surface area contributed by atoms with E-state index >= 15 is 0 Å². The molecule has 3 atom stereocenters. The summed E-state index contributed by atoms with van der Waals surface area (Å²) in [6, 6.07) is 12.1. The number of aryl methyl sites for hydroxylation is 1. The van der Waals surface area contributed by atoms with Gasteiger partial charge in [0.1, 0.15) is 17.8 Å². The molecule has 0 saturated carbocycles. The Labute approximate surface area is 163 Å². The van der Waals surface area contributed by atoms with Crippen LogP contribution in [0.4, 0.5) is 0 Å². The quantitative estimate of drug-likeness (QED) is 0.825. The first kappa shape index (κ1) is 18.3. The molecule has 28 heavy (non-hydrogen) atoms. The number of carbonyl (C=O) groups is 3. The van der Waals surface area contributed by atoms with Crippen molar-refractivity contribution in [1.29, 1.82) is 0 Å². The van der Waals surface area contributed by atoms with E-state index in [0.29, 0.717) is 31.5 Å². The van der Waals surface area contributed by atoms with Gasteiger partial charge in [0.15, 0.2) is 0 Å². The second-order valence-electron chi connectivity index (χ2n) is 7.50. The molecular formula is C21H24N4O3. The Kier molecular flexibility index (Phi) is 4.90. The average Bonchev–Trinajstić information content (AvgIpc) is 3.13. The van der Waals surface area contributed by atoms with Crippen LogP contribution in [0.25, 0.3) is 0 Å². The number of amides is 3. The first-order chi connectivity index (χ1) is 13.5. The predicted octanol–water partition coefficient (Wildman–Crippen LogP) is 0.856. The highest BCUT2D eigenvalue weighted by atomic mass is 16.2. The molecule has 7 heteroatoms. The van der Waals surface area contributed by atoms with E-state index in [1.807, 2.05) is 49.6 Å². The third-order valence-corrected chi connectivity index (χ3v) is 5.60. The maximum absolute atomic E-state index is 12.9. The Morgan fingerprint density at radius 2 is 1.96 bits per heavy atom. The minimum atomic E-state index is -0.527. The summed E-state index contributed by atoms with van der Waals surface area (Å²) in [4.78, 5) is 39.7.